The lowest BCUT2D eigenvalue weighted by Gasteiger charge is -2.24. The van der Waals surface area contributed by atoms with Crippen LogP contribution in [-0.4, -0.2) is 30.1 Å². The Kier molecular flexibility index (Phi) is 2.72. The summed E-state index contributed by atoms with van der Waals surface area (Å²) in [4.78, 5) is 26.0. The number of aliphatic carboxylic acids is 1. The Morgan fingerprint density at radius 1 is 1.45 bits per heavy atom. The van der Waals surface area contributed by atoms with Gasteiger partial charge in [0.25, 0.3) is 0 Å². The van der Waals surface area contributed by atoms with Gasteiger partial charge in [0, 0.05) is 17.6 Å². The lowest BCUT2D eigenvalue weighted by molar-refractivity contribution is -0.313. The van der Waals surface area contributed by atoms with Crippen molar-refractivity contribution in [3.63, 3.8) is 0 Å². The van der Waals surface area contributed by atoms with Gasteiger partial charge in [0.15, 0.2) is 0 Å². The van der Waals surface area contributed by atoms with Gasteiger partial charge < -0.3 is 19.5 Å². The molecule has 3 aliphatic rings. The maximum Gasteiger partial charge on any atom is 0.234 e. The summed E-state index contributed by atoms with van der Waals surface area (Å²) < 4.78 is 5.86. The summed E-state index contributed by atoms with van der Waals surface area (Å²) in [5, 5.41) is 11.4. The van der Waals surface area contributed by atoms with Crippen LogP contribution in [0.4, 0.5) is 5.69 Å². The molecule has 2 fully saturated rings. The SMILES string of the molecule is CCc1ccccc1N1C[C@]23C=C[C@H](O2)[C@H](C(=O)[O-])[C@@H]3C1=O. The normalized spacial score (nSPS) is 35.2. The van der Waals surface area contributed by atoms with Crippen molar-refractivity contribution < 1.29 is 19.4 Å². The van der Waals surface area contributed by atoms with Gasteiger partial charge in [-0.1, -0.05) is 37.3 Å². The minimum atomic E-state index is -1.21. The standard InChI is InChI=1S/C17H17NO4/c1-2-10-5-3-4-6-11(10)18-9-17-8-7-12(22-17)13(16(20)21)14(17)15(18)19/h3-8,12-14H,2,9H2,1H3,(H,20,21)/p-1/t12-,13-,14+,17-/m0/s1. The minimum absolute atomic E-state index is 0.179. The van der Waals surface area contributed by atoms with Crippen LogP contribution < -0.4 is 10.0 Å². The summed E-state index contributed by atoms with van der Waals surface area (Å²) in [6.45, 7) is 2.40. The number of carbonyl (C=O) groups is 2. The number of anilines is 1. The highest BCUT2D eigenvalue weighted by atomic mass is 16.5. The molecule has 0 unspecified atom stereocenters. The van der Waals surface area contributed by atoms with Gasteiger partial charge in [-0.15, -0.1) is 0 Å². The van der Waals surface area contributed by atoms with Gasteiger partial charge in [-0.05, 0) is 18.1 Å². The molecule has 2 saturated heterocycles. The number of carboxylic acid groups (broad SMARTS) is 1. The molecule has 1 aromatic carbocycles. The number of amides is 1. The fraction of sp³-hybridized carbons (Fsp3) is 0.412. The summed E-state index contributed by atoms with van der Waals surface area (Å²) >= 11 is 0. The number of para-hydroxylation sites is 1. The van der Waals surface area contributed by atoms with E-state index in [1.807, 2.05) is 37.3 Å². The first-order chi connectivity index (χ1) is 10.6. The zero-order valence-electron chi connectivity index (χ0n) is 12.2. The molecule has 114 valence electrons. The van der Waals surface area contributed by atoms with Crippen LogP contribution in [0.15, 0.2) is 36.4 Å². The summed E-state index contributed by atoms with van der Waals surface area (Å²) in [6, 6.07) is 7.71. The van der Waals surface area contributed by atoms with Crippen molar-refractivity contribution in [2.24, 2.45) is 11.8 Å². The van der Waals surface area contributed by atoms with Crippen molar-refractivity contribution in [1.82, 2.24) is 0 Å². The van der Waals surface area contributed by atoms with Crippen molar-refractivity contribution in [3.8, 4) is 0 Å². The predicted octanol–water partition coefficient (Wildman–Crippen LogP) is 0.285. The number of benzene rings is 1. The Balaban J connectivity index is 1.77. The Bertz CT molecular complexity index is 698. The molecule has 2 bridgehead atoms. The molecule has 4 atom stereocenters. The number of carboxylic acids is 1. The van der Waals surface area contributed by atoms with Gasteiger partial charge in [0.1, 0.15) is 5.60 Å². The smallest absolute Gasteiger partial charge is 0.234 e. The van der Waals surface area contributed by atoms with Crippen LogP contribution >= 0.6 is 0 Å². The number of hydrogen-bond acceptors (Lipinski definition) is 4. The molecule has 0 saturated carbocycles. The third-order valence-corrected chi connectivity index (χ3v) is 5.04. The number of nitrogens with zero attached hydrogens (tertiary/aromatic N) is 1. The second kappa shape index (κ2) is 4.43. The van der Waals surface area contributed by atoms with E-state index in [1.54, 1.807) is 11.0 Å². The third kappa shape index (κ3) is 1.57. The van der Waals surface area contributed by atoms with E-state index in [9.17, 15) is 14.7 Å². The van der Waals surface area contributed by atoms with E-state index >= 15 is 0 Å². The first-order valence-electron chi connectivity index (χ1n) is 7.55. The van der Waals surface area contributed by atoms with Crippen LogP contribution in [0, 0.1) is 11.8 Å². The fourth-order valence-corrected chi connectivity index (χ4v) is 4.04. The van der Waals surface area contributed by atoms with Crippen LogP contribution in [0.25, 0.3) is 0 Å². The molecule has 5 nitrogen and oxygen atoms in total. The zero-order chi connectivity index (χ0) is 15.5. The average Bonchev–Trinajstić information content (AvgIpc) is 3.15. The first-order valence-corrected chi connectivity index (χ1v) is 7.55. The van der Waals surface area contributed by atoms with Crippen LogP contribution in [-0.2, 0) is 20.7 Å². The highest BCUT2D eigenvalue weighted by Gasteiger charge is 2.65. The van der Waals surface area contributed by atoms with Crippen molar-refractivity contribution in [3.05, 3.63) is 42.0 Å². The molecular formula is C17H16NO4-. The Morgan fingerprint density at radius 3 is 2.95 bits per heavy atom. The van der Waals surface area contributed by atoms with Gasteiger partial charge in [-0.2, -0.15) is 0 Å². The van der Waals surface area contributed by atoms with Crippen molar-refractivity contribution in [2.45, 2.75) is 25.0 Å². The molecule has 0 N–H and O–H groups in total. The number of hydrogen-bond donors (Lipinski definition) is 0. The Hall–Kier alpha value is -2.14. The fourth-order valence-electron chi connectivity index (χ4n) is 4.04. The molecule has 3 aliphatic heterocycles. The lowest BCUT2D eigenvalue weighted by Crippen LogP contribution is -2.45. The highest BCUT2D eigenvalue weighted by molar-refractivity contribution is 6.02. The summed E-state index contributed by atoms with van der Waals surface area (Å²) in [6.07, 6.45) is 3.87. The van der Waals surface area contributed by atoms with E-state index in [2.05, 4.69) is 0 Å². The van der Waals surface area contributed by atoms with E-state index in [1.165, 1.54) is 0 Å². The second-order valence-corrected chi connectivity index (χ2v) is 6.13. The van der Waals surface area contributed by atoms with Crippen molar-refractivity contribution >= 4 is 17.6 Å². The van der Waals surface area contributed by atoms with Crippen LogP contribution in [0.5, 0.6) is 0 Å². The van der Waals surface area contributed by atoms with E-state index in [0.29, 0.717) is 6.54 Å². The van der Waals surface area contributed by atoms with E-state index in [4.69, 9.17) is 4.74 Å². The maximum atomic E-state index is 12.9. The van der Waals surface area contributed by atoms with Crippen LogP contribution in [0.2, 0.25) is 0 Å². The molecular weight excluding hydrogens is 282 g/mol. The second-order valence-electron chi connectivity index (χ2n) is 6.13. The number of ether oxygens (including phenoxy) is 1. The van der Waals surface area contributed by atoms with Gasteiger partial charge in [-0.3, -0.25) is 4.79 Å². The minimum Gasteiger partial charge on any atom is -0.550 e. The molecule has 1 spiro atoms. The topological polar surface area (TPSA) is 69.7 Å². The zero-order valence-corrected chi connectivity index (χ0v) is 12.2. The number of aryl methyl sites for hydroxylation is 1. The highest BCUT2D eigenvalue weighted by Crippen LogP contribution is 2.52. The summed E-state index contributed by atoms with van der Waals surface area (Å²) in [5.41, 5.74) is 1.10. The molecule has 5 heteroatoms. The van der Waals surface area contributed by atoms with Crippen LogP contribution in [0.3, 0.4) is 0 Å². The van der Waals surface area contributed by atoms with Gasteiger partial charge in [0.2, 0.25) is 5.91 Å². The molecule has 22 heavy (non-hydrogen) atoms. The Morgan fingerprint density at radius 2 is 2.23 bits per heavy atom. The molecule has 0 radical (unpaired) electrons. The summed E-state index contributed by atoms with van der Waals surface area (Å²) in [5.74, 6) is -2.96. The molecule has 0 aliphatic carbocycles. The Labute approximate surface area is 128 Å². The van der Waals surface area contributed by atoms with Crippen molar-refractivity contribution in [1.29, 1.82) is 0 Å². The molecule has 0 aromatic heterocycles. The monoisotopic (exact) mass is 298 g/mol. The van der Waals surface area contributed by atoms with Crippen LogP contribution in [0.1, 0.15) is 12.5 Å². The van der Waals surface area contributed by atoms with Gasteiger partial charge in [0.05, 0.1) is 18.6 Å². The lowest BCUT2D eigenvalue weighted by atomic mass is 9.77. The van der Waals surface area contributed by atoms with Crippen molar-refractivity contribution in [2.75, 3.05) is 11.4 Å². The quantitative estimate of drug-likeness (QED) is 0.752. The maximum absolute atomic E-state index is 12.9. The number of carbonyl (C=O) groups excluding carboxylic acids is 2. The largest absolute Gasteiger partial charge is 0.550 e. The average molecular weight is 298 g/mol. The first kappa shape index (κ1) is 13.5. The van der Waals surface area contributed by atoms with E-state index in [-0.39, 0.29) is 5.91 Å². The van der Waals surface area contributed by atoms with E-state index in [0.717, 1.165) is 17.7 Å². The predicted molar refractivity (Wildman–Crippen MR) is 76.9 cm³/mol. The van der Waals surface area contributed by atoms with Gasteiger partial charge >= 0.3 is 0 Å². The molecule has 1 aromatic rings. The number of rotatable bonds is 3. The summed E-state index contributed by atoms with van der Waals surface area (Å²) in [7, 11) is 0. The van der Waals surface area contributed by atoms with Gasteiger partial charge in [-0.25, -0.2) is 0 Å². The molecule has 1 amide bonds. The van der Waals surface area contributed by atoms with E-state index < -0.39 is 29.5 Å². The molecule has 3 heterocycles. The molecule has 4 rings (SSSR count). The third-order valence-electron chi connectivity index (χ3n) is 5.04. The number of fused-ring (bicyclic) bond motifs is 1.